The lowest BCUT2D eigenvalue weighted by Gasteiger charge is -2.17. The number of anilines is 2. The lowest BCUT2D eigenvalue weighted by Crippen LogP contribution is -2.31. The number of ether oxygens (including phenoxy) is 1. The monoisotopic (exact) mass is 388 g/mol. The van der Waals surface area contributed by atoms with Crippen LogP contribution < -0.4 is 21.5 Å². The van der Waals surface area contributed by atoms with E-state index < -0.39 is 18.2 Å². The molecule has 0 aliphatic rings. The molecule has 140 valence electrons. The number of hydrogen-bond donors (Lipinski definition) is 3. The van der Waals surface area contributed by atoms with E-state index in [1.807, 2.05) is 0 Å². The molecule has 5 N–H and O–H groups in total. The zero-order valence-electron chi connectivity index (χ0n) is 13.6. The highest BCUT2D eigenvalue weighted by Crippen LogP contribution is 2.25. The third kappa shape index (κ3) is 4.92. The summed E-state index contributed by atoms with van der Waals surface area (Å²) in [7, 11) is 0. The summed E-state index contributed by atoms with van der Waals surface area (Å²) < 4.78 is 42.2. The minimum Gasteiger partial charge on any atom is -0.481 e. The number of benzene rings is 1. The highest BCUT2D eigenvalue weighted by molar-refractivity contribution is 6.33. The van der Waals surface area contributed by atoms with Crippen molar-refractivity contribution in [1.29, 1.82) is 0 Å². The molecule has 0 saturated heterocycles. The van der Waals surface area contributed by atoms with Crippen molar-refractivity contribution in [3.05, 3.63) is 46.5 Å². The molecule has 0 aliphatic carbocycles. The van der Waals surface area contributed by atoms with E-state index >= 15 is 0 Å². The average molecular weight is 389 g/mol. The number of nitrogen functional groups attached to an aromatic ring is 2. The van der Waals surface area contributed by atoms with Crippen LogP contribution in [0.3, 0.4) is 0 Å². The van der Waals surface area contributed by atoms with Crippen LogP contribution in [-0.2, 0) is 6.54 Å². The Morgan fingerprint density at radius 2 is 1.88 bits per heavy atom. The summed E-state index contributed by atoms with van der Waals surface area (Å²) in [5, 5.41) is 2.71. The molecule has 1 amide bonds. The minimum atomic E-state index is -4.44. The predicted molar refractivity (Wildman–Crippen MR) is 91.8 cm³/mol. The van der Waals surface area contributed by atoms with Crippen molar-refractivity contribution in [1.82, 2.24) is 10.3 Å². The van der Waals surface area contributed by atoms with Crippen molar-refractivity contribution in [2.24, 2.45) is 0 Å². The Morgan fingerprint density at radius 1 is 1.27 bits per heavy atom. The van der Waals surface area contributed by atoms with Crippen molar-refractivity contribution >= 4 is 29.1 Å². The van der Waals surface area contributed by atoms with Gasteiger partial charge in [0, 0.05) is 6.54 Å². The molecule has 0 radical (unpaired) electrons. The van der Waals surface area contributed by atoms with Gasteiger partial charge in [-0.3, -0.25) is 4.79 Å². The highest BCUT2D eigenvalue weighted by Gasteiger charge is 2.37. The van der Waals surface area contributed by atoms with Gasteiger partial charge in [0.25, 0.3) is 5.91 Å². The maximum atomic E-state index is 12.5. The van der Waals surface area contributed by atoms with E-state index in [-0.39, 0.29) is 34.5 Å². The Hall–Kier alpha value is -2.68. The number of hydrogen-bond acceptors (Lipinski definition) is 5. The SMILES string of the molecule is CC(Oc1ccc(CNC(=O)c2cc(Cl)c(N)nc2N)cc1)C(F)(F)F. The van der Waals surface area contributed by atoms with Crippen LogP contribution in [0.25, 0.3) is 0 Å². The lowest BCUT2D eigenvalue weighted by atomic mass is 10.2. The van der Waals surface area contributed by atoms with Crippen LogP contribution in [0.15, 0.2) is 30.3 Å². The summed E-state index contributed by atoms with van der Waals surface area (Å²) in [4.78, 5) is 15.9. The van der Waals surface area contributed by atoms with E-state index in [1.54, 1.807) is 0 Å². The lowest BCUT2D eigenvalue weighted by molar-refractivity contribution is -0.189. The van der Waals surface area contributed by atoms with Gasteiger partial charge in [-0.2, -0.15) is 13.2 Å². The molecule has 1 unspecified atom stereocenters. The van der Waals surface area contributed by atoms with Crippen molar-refractivity contribution in [2.75, 3.05) is 11.5 Å². The van der Waals surface area contributed by atoms with E-state index in [0.717, 1.165) is 6.92 Å². The van der Waals surface area contributed by atoms with Gasteiger partial charge in [-0.15, -0.1) is 0 Å². The van der Waals surface area contributed by atoms with Crippen molar-refractivity contribution < 1.29 is 22.7 Å². The molecule has 26 heavy (non-hydrogen) atoms. The number of carbonyl (C=O) groups is 1. The topological polar surface area (TPSA) is 103 Å². The summed E-state index contributed by atoms with van der Waals surface area (Å²) in [6, 6.07) is 7.16. The largest absolute Gasteiger partial charge is 0.481 e. The van der Waals surface area contributed by atoms with Gasteiger partial charge in [0.1, 0.15) is 17.4 Å². The average Bonchev–Trinajstić information content (AvgIpc) is 2.56. The van der Waals surface area contributed by atoms with Crippen molar-refractivity contribution in [3.63, 3.8) is 0 Å². The van der Waals surface area contributed by atoms with E-state index in [9.17, 15) is 18.0 Å². The summed E-state index contributed by atoms with van der Waals surface area (Å²) >= 11 is 5.82. The van der Waals surface area contributed by atoms with Gasteiger partial charge >= 0.3 is 6.18 Å². The summed E-state index contributed by atoms with van der Waals surface area (Å²) in [5.74, 6) is -0.481. The van der Waals surface area contributed by atoms with Gasteiger partial charge in [-0.05, 0) is 30.7 Å². The van der Waals surface area contributed by atoms with Gasteiger partial charge in [0.2, 0.25) is 0 Å². The maximum absolute atomic E-state index is 12.5. The molecule has 1 aromatic heterocycles. The third-order valence-corrected chi connectivity index (χ3v) is 3.73. The summed E-state index contributed by atoms with van der Waals surface area (Å²) in [6.45, 7) is 1.04. The van der Waals surface area contributed by atoms with Crippen LogP contribution in [0.5, 0.6) is 5.75 Å². The quantitative estimate of drug-likeness (QED) is 0.730. The van der Waals surface area contributed by atoms with Gasteiger partial charge in [0.05, 0.1) is 10.6 Å². The number of aromatic nitrogens is 1. The fraction of sp³-hybridized carbons (Fsp3) is 0.250. The first kappa shape index (κ1) is 19.6. The Labute approximate surface area is 152 Å². The second kappa shape index (κ2) is 7.69. The molecule has 0 aliphatic heterocycles. The molecule has 1 heterocycles. The fourth-order valence-electron chi connectivity index (χ4n) is 1.93. The Kier molecular flexibility index (Phi) is 5.81. The first-order valence-electron chi connectivity index (χ1n) is 7.40. The molecule has 2 rings (SSSR count). The normalized spacial score (nSPS) is 12.5. The molecule has 1 aromatic carbocycles. The maximum Gasteiger partial charge on any atom is 0.425 e. The molecule has 10 heteroatoms. The van der Waals surface area contributed by atoms with E-state index in [4.69, 9.17) is 27.8 Å². The number of carbonyl (C=O) groups excluding carboxylic acids is 1. The molecule has 2 aromatic rings. The number of nitrogens with one attached hydrogen (secondary N) is 1. The number of halogens is 4. The smallest absolute Gasteiger partial charge is 0.425 e. The van der Waals surface area contributed by atoms with Crippen LogP contribution in [0, 0.1) is 0 Å². The van der Waals surface area contributed by atoms with Gasteiger partial charge in [0.15, 0.2) is 6.10 Å². The van der Waals surface area contributed by atoms with Crippen LogP contribution in [0.2, 0.25) is 5.02 Å². The third-order valence-electron chi connectivity index (χ3n) is 3.43. The fourth-order valence-corrected chi connectivity index (χ4v) is 2.09. The van der Waals surface area contributed by atoms with Crippen LogP contribution in [0.4, 0.5) is 24.8 Å². The predicted octanol–water partition coefficient (Wildman–Crippen LogP) is 3.16. The van der Waals surface area contributed by atoms with Crippen LogP contribution in [0.1, 0.15) is 22.8 Å². The number of nitrogens with zero attached hydrogens (tertiary/aromatic N) is 1. The Balaban J connectivity index is 1.98. The van der Waals surface area contributed by atoms with Gasteiger partial charge < -0.3 is 21.5 Å². The first-order chi connectivity index (χ1) is 12.1. The molecule has 0 saturated carbocycles. The summed E-state index contributed by atoms with van der Waals surface area (Å²) in [6.07, 6.45) is -6.36. The van der Waals surface area contributed by atoms with Gasteiger partial charge in [-0.25, -0.2) is 4.98 Å². The van der Waals surface area contributed by atoms with Crippen molar-refractivity contribution in [3.8, 4) is 5.75 Å². The first-order valence-corrected chi connectivity index (χ1v) is 7.77. The molecule has 0 spiro atoms. The van der Waals surface area contributed by atoms with E-state index in [2.05, 4.69) is 10.3 Å². The molecule has 0 bridgehead atoms. The Bertz CT molecular complexity index is 797. The second-order valence-electron chi connectivity index (χ2n) is 5.42. The number of nitrogens with two attached hydrogens (primary N) is 2. The molecule has 6 nitrogen and oxygen atoms in total. The van der Waals surface area contributed by atoms with Crippen molar-refractivity contribution in [2.45, 2.75) is 25.7 Å². The van der Waals surface area contributed by atoms with E-state index in [1.165, 1.54) is 30.3 Å². The second-order valence-corrected chi connectivity index (χ2v) is 5.82. The molecular weight excluding hydrogens is 373 g/mol. The Morgan fingerprint density at radius 3 is 2.46 bits per heavy atom. The molecular formula is C16H16ClF3N4O2. The van der Waals surface area contributed by atoms with Crippen LogP contribution in [-0.4, -0.2) is 23.2 Å². The zero-order valence-corrected chi connectivity index (χ0v) is 14.4. The van der Waals surface area contributed by atoms with Gasteiger partial charge in [-0.1, -0.05) is 23.7 Å². The van der Waals surface area contributed by atoms with E-state index in [0.29, 0.717) is 5.56 Å². The number of amides is 1. The number of rotatable bonds is 5. The standard InChI is InChI=1S/C16H16ClF3N4O2/c1-8(16(18,19)20)26-10-4-2-9(3-5-10)7-23-15(25)11-6-12(17)14(22)24-13(11)21/h2-6,8H,7H2,1H3,(H,23,25)(H4,21,22,24). The van der Waals surface area contributed by atoms with Crippen LogP contribution >= 0.6 is 11.6 Å². The highest BCUT2D eigenvalue weighted by atomic mass is 35.5. The number of alkyl halides is 3. The molecule has 0 fully saturated rings. The number of pyridine rings is 1. The minimum absolute atomic E-state index is 0.0180. The summed E-state index contributed by atoms with van der Waals surface area (Å²) in [5.41, 5.74) is 11.9. The zero-order chi connectivity index (χ0) is 19.5. The molecule has 1 atom stereocenters.